The molecule has 0 bridgehead atoms. The number of hydrogen-bond donors (Lipinski definition) is 2. The zero-order valence-corrected chi connectivity index (χ0v) is 12.5. The molecule has 0 radical (unpaired) electrons. The van der Waals surface area contributed by atoms with Crippen LogP contribution in [-0.2, 0) is 10.0 Å². The summed E-state index contributed by atoms with van der Waals surface area (Å²) in [4.78, 5) is -0.0320. The lowest BCUT2D eigenvalue weighted by atomic mass is 10.1. The fourth-order valence-electron chi connectivity index (χ4n) is 2.20. The topological polar surface area (TPSA) is 82.0 Å². The molecule has 0 spiro atoms. The van der Waals surface area contributed by atoms with Gasteiger partial charge >= 0.3 is 0 Å². The maximum absolute atomic E-state index is 12.4. The summed E-state index contributed by atoms with van der Waals surface area (Å²) >= 11 is 5.95. The average molecular weight is 314 g/mol. The molecule has 1 unspecified atom stereocenters. The molecule has 1 heterocycles. The van der Waals surface area contributed by atoms with E-state index in [0.717, 1.165) is 32.4 Å². The van der Waals surface area contributed by atoms with Gasteiger partial charge in [-0.25, -0.2) is 13.1 Å². The van der Waals surface area contributed by atoms with E-state index in [1.54, 1.807) is 0 Å². The van der Waals surface area contributed by atoms with E-state index in [9.17, 15) is 8.42 Å². The maximum atomic E-state index is 12.4. The summed E-state index contributed by atoms with van der Waals surface area (Å²) in [5.74, 6) is 0. The number of halogens is 1. The molecule has 0 aliphatic carbocycles. The van der Waals surface area contributed by atoms with E-state index in [4.69, 9.17) is 16.9 Å². The Morgan fingerprint density at radius 1 is 1.35 bits per heavy atom. The number of hydrogen-bond acceptors (Lipinski definition) is 4. The molecule has 1 aromatic rings. The first-order chi connectivity index (χ1) is 9.53. The fourth-order valence-corrected chi connectivity index (χ4v) is 4.03. The number of nitrogens with one attached hydrogen (secondary N) is 2. The molecule has 20 heavy (non-hydrogen) atoms. The Morgan fingerprint density at radius 2 is 2.15 bits per heavy atom. The number of sulfonamides is 1. The van der Waals surface area contributed by atoms with Crippen molar-refractivity contribution in [1.82, 2.24) is 10.0 Å². The highest BCUT2D eigenvalue weighted by atomic mass is 35.5. The van der Waals surface area contributed by atoms with E-state index in [0.29, 0.717) is 0 Å². The Balaban J connectivity index is 2.23. The van der Waals surface area contributed by atoms with Gasteiger partial charge in [0.25, 0.3) is 0 Å². The van der Waals surface area contributed by atoms with Crippen molar-refractivity contribution in [1.29, 1.82) is 5.26 Å². The summed E-state index contributed by atoms with van der Waals surface area (Å²) in [5, 5.41) is 12.2. The maximum Gasteiger partial charge on any atom is 0.242 e. The van der Waals surface area contributed by atoms with Crippen molar-refractivity contribution in [3.8, 4) is 6.07 Å². The third kappa shape index (κ3) is 3.70. The Labute approximate surface area is 124 Å². The predicted molar refractivity (Wildman–Crippen MR) is 77.0 cm³/mol. The van der Waals surface area contributed by atoms with Crippen LogP contribution in [0.15, 0.2) is 23.1 Å². The minimum Gasteiger partial charge on any atom is -0.317 e. The van der Waals surface area contributed by atoms with E-state index in [2.05, 4.69) is 10.0 Å². The first kappa shape index (κ1) is 15.3. The summed E-state index contributed by atoms with van der Waals surface area (Å²) in [5.41, 5.74) is 0.275. The lowest BCUT2D eigenvalue weighted by Gasteiger charge is -2.16. The normalized spacial score (nSPS) is 20.1. The van der Waals surface area contributed by atoms with E-state index in [1.807, 2.05) is 6.07 Å². The number of nitriles is 1. The number of nitrogens with zero attached hydrogens (tertiary/aromatic N) is 1. The summed E-state index contributed by atoms with van der Waals surface area (Å²) in [7, 11) is -3.70. The van der Waals surface area contributed by atoms with Crippen molar-refractivity contribution in [2.75, 3.05) is 13.1 Å². The molecule has 5 nitrogen and oxygen atoms in total. The standard InChI is InChI=1S/C13H16ClN3O2S/c14-12-4-3-10(9-15)8-13(12)20(18,19)17-11-2-1-6-16-7-5-11/h3-4,8,11,16-17H,1-2,5-7H2. The van der Waals surface area contributed by atoms with E-state index in [1.165, 1.54) is 18.2 Å². The summed E-state index contributed by atoms with van der Waals surface area (Å²) < 4.78 is 27.4. The Morgan fingerprint density at radius 3 is 2.90 bits per heavy atom. The van der Waals surface area contributed by atoms with Gasteiger partial charge in [0.05, 0.1) is 16.7 Å². The molecule has 2 rings (SSSR count). The van der Waals surface area contributed by atoms with Crippen LogP contribution in [0.1, 0.15) is 24.8 Å². The molecule has 0 amide bonds. The van der Waals surface area contributed by atoms with Gasteiger partial charge in [-0.3, -0.25) is 0 Å². The molecule has 0 aromatic heterocycles. The van der Waals surface area contributed by atoms with Gasteiger partial charge in [0.2, 0.25) is 10.0 Å². The van der Waals surface area contributed by atoms with Crippen LogP contribution < -0.4 is 10.0 Å². The smallest absolute Gasteiger partial charge is 0.242 e. The molecular weight excluding hydrogens is 298 g/mol. The third-order valence-electron chi connectivity index (χ3n) is 3.25. The van der Waals surface area contributed by atoms with Gasteiger partial charge in [-0.15, -0.1) is 0 Å². The average Bonchev–Trinajstić information content (AvgIpc) is 2.67. The Bertz CT molecular complexity index is 617. The summed E-state index contributed by atoms with van der Waals surface area (Å²) in [6.45, 7) is 1.70. The summed E-state index contributed by atoms with van der Waals surface area (Å²) in [6.07, 6.45) is 2.47. The lowest BCUT2D eigenvalue weighted by Crippen LogP contribution is -2.35. The zero-order chi connectivity index (χ0) is 14.6. The fraction of sp³-hybridized carbons (Fsp3) is 0.462. The second-order valence-corrected chi connectivity index (χ2v) is 6.85. The second kappa shape index (κ2) is 6.55. The first-order valence-electron chi connectivity index (χ1n) is 6.45. The number of rotatable bonds is 3. The van der Waals surface area contributed by atoms with Crippen LogP contribution in [0.5, 0.6) is 0 Å². The van der Waals surface area contributed by atoms with Crippen LogP contribution in [0.25, 0.3) is 0 Å². The molecule has 1 fully saturated rings. The van der Waals surface area contributed by atoms with Crippen LogP contribution in [0.2, 0.25) is 5.02 Å². The van der Waals surface area contributed by atoms with Gasteiger partial charge in [0.1, 0.15) is 4.90 Å². The number of benzene rings is 1. The first-order valence-corrected chi connectivity index (χ1v) is 8.32. The largest absolute Gasteiger partial charge is 0.317 e. The minimum absolute atomic E-state index is 0.0320. The van der Waals surface area contributed by atoms with Gasteiger partial charge in [-0.1, -0.05) is 11.6 Å². The van der Waals surface area contributed by atoms with Crippen molar-refractivity contribution in [3.05, 3.63) is 28.8 Å². The highest BCUT2D eigenvalue weighted by Crippen LogP contribution is 2.23. The molecule has 1 atom stereocenters. The van der Waals surface area contributed by atoms with Crippen LogP contribution in [0.4, 0.5) is 0 Å². The van der Waals surface area contributed by atoms with E-state index in [-0.39, 0.29) is 21.5 Å². The van der Waals surface area contributed by atoms with Crippen molar-refractivity contribution in [3.63, 3.8) is 0 Å². The van der Waals surface area contributed by atoms with Crippen molar-refractivity contribution in [2.45, 2.75) is 30.2 Å². The molecule has 7 heteroatoms. The molecule has 1 aliphatic heterocycles. The van der Waals surface area contributed by atoms with E-state index >= 15 is 0 Å². The van der Waals surface area contributed by atoms with Crippen molar-refractivity contribution >= 4 is 21.6 Å². The minimum atomic E-state index is -3.70. The predicted octanol–water partition coefficient (Wildman–Crippen LogP) is 1.63. The molecule has 1 aliphatic rings. The van der Waals surface area contributed by atoms with Crippen LogP contribution >= 0.6 is 11.6 Å². The molecule has 0 saturated carbocycles. The van der Waals surface area contributed by atoms with Crippen LogP contribution in [-0.4, -0.2) is 27.5 Å². The third-order valence-corrected chi connectivity index (χ3v) is 5.25. The second-order valence-electron chi connectivity index (χ2n) is 4.76. The van der Waals surface area contributed by atoms with E-state index < -0.39 is 10.0 Å². The quantitative estimate of drug-likeness (QED) is 0.888. The Kier molecular flexibility index (Phi) is 5.00. The molecule has 108 valence electrons. The van der Waals surface area contributed by atoms with Gasteiger partial charge < -0.3 is 5.32 Å². The zero-order valence-electron chi connectivity index (χ0n) is 10.9. The molecular formula is C13H16ClN3O2S. The highest BCUT2D eigenvalue weighted by molar-refractivity contribution is 7.89. The van der Waals surface area contributed by atoms with Crippen LogP contribution in [0.3, 0.4) is 0 Å². The molecule has 2 N–H and O–H groups in total. The molecule has 1 saturated heterocycles. The van der Waals surface area contributed by atoms with Crippen molar-refractivity contribution in [2.24, 2.45) is 0 Å². The highest BCUT2D eigenvalue weighted by Gasteiger charge is 2.23. The van der Waals surface area contributed by atoms with Gasteiger partial charge in [-0.05, 0) is 50.6 Å². The Hall–Kier alpha value is -1.13. The van der Waals surface area contributed by atoms with Gasteiger partial charge in [0.15, 0.2) is 0 Å². The lowest BCUT2D eigenvalue weighted by molar-refractivity contribution is 0.518. The van der Waals surface area contributed by atoms with Gasteiger partial charge in [0, 0.05) is 6.04 Å². The summed E-state index contributed by atoms with van der Waals surface area (Å²) in [6, 6.07) is 6.06. The monoisotopic (exact) mass is 313 g/mol. The van der Waals surface area contributed by atoms with Crippen molar-refractivity contribution < 1.29 is 8.42 Å². The SMILES string of the molecule is N#Cc1ccc(Cl)c(S(=O)(=O)NC2CCCNCC2)c1. The molecule has 1 aromatic carbocycles. The van der Waals surface area contributed by atoms with Crippen LogP contribution in [0, 0.1) is 11.3 Å². The van der Waals surface area contributed by atoms with Gasteiger partial charge in [-0.2, -0.15) is 5.26 Å².